The second-order valence-corrected chi connectivity index (χ2v) is 4.86. The third-order valence-electron chi connectivity index (χ3n) is 3.21. The van der Waals surface area contributed by atoms with E-state index in [2.05, 4.69) is 24.4 Å². The molecule has 1 N–H and O–H groups in total. The van der Waals surface area contributed by atoms with Gasteiger partial charge in [0.1, 0.15) is 5.82 Å². The first kappa shape index (κ1) is 13.6. The topological polar surface area (TPSA) is 12.0 Å². The lowest BCUT2D eigenvalue weighted by molar-refractivity contribution is 0.612. The van der Waals surface area contributed by atoms with Gasteiger partial charge in [-0.3, -0.25) is 0 Å². The predicted octanol–water partition coefficient (Wildman–Crippen LogP) is 4.70. The van der Waals surface area contributed by atoms with Gasteiger partial charge in [-0.05, 0) is 31.0 Å². The molecule has 0 atom stereocenters. The molecule has 100 valence electrons. The summed E-state index contributed by atoms with van der Waals surface area (Å²) in [7, 11) is 0. The van der Waals surface area contributed by atoms with E-state index in [1.165, 1.54) is 11.6 Å². The molecule has 0 bridgehead atoms. The number of benzene rings is 2. The molecule has 19 heavy (non-hydrogen) atoms. The van der Waals surface area contributed by atoms with Gasteiger partial charge in [-0.2, -0.15) is 0 Å². The lowest BCUT2D eigenvalue weighted by Crippen LogP contribution is -2.04. The van der Waals surface area contributed by atoms with Gasteiger partial charge in [0.25, 0.3) is 0 Å². The van der Waals surface area contributed by atoms with Crippen molar-refractivity contribution in [2.75, 3.05) is 5.32 Å². The summed E-state index contributed by atoms with van der Waals surface area (Å²) in [5, 5.41) is 3.34. The van der Waals surface area contributed by atoms with E-state index in [0.717, 1.165) is 24.1 Å². The van der Waals surface area contributed by atoms with Crippen molar-refractivity contribution in [3.63, 3.8) is 0 Å². The Bertz CT molecular complexity index is 549. The van der Waals surface area contributed by atoms with Gasteiger partial charge < -0.3 is 5.32 Å². The molecule has 0 amide bonds. The maximum Gasteiger partial charge on any atom is 0.128 e. The highest BCUT2D eigenvalue weighted by Crippen LogP contribution is 2.19. The molecule has 0 radical (unpaired) electrons. The fourth-order valence-electron chi connectivity index (χ4n) is 2.21. The predicted molar refractivity (Wildman–Crippen MR) is 78.9 cm³/mol. The van der Waals surface area contributed by atoms with Gasteiger partial charge in [0, 0.05) is 17.8 Å². The molecular formula is C17H20FN. The minimum atomic E-state index is -0.147. The molecule has 0 aromatic heterocycles. The average molecular weight is 257 g/mol. The molecule has 2 aromatic carbocycles. The summed E-state index contributed by atoms with van der Waals surface area (Å²) in [6.07, 6.45) is 2.15. The number of rotatable bonds is 5. The molecule has 0 saturated heterocycles. The van der Waals surface area contributed by atoms with Crippen molar-refractivity contribution in [3.8, 4) is 0 Å². The van der Waals surface area contributed by atoms with Crippen LogP contribution in [-0.4, -0.2) is 0 Å². The molecular weight excluding hydrogens is 237 g/mol. The fraction of sp³-hybridized carbons (Fsp3) is 0.294. The van der Waals surface area contributed by atoms with Crippen molar-refractivity contribution in [2.24, 2.45) is 0 Å². The standard InChI is InChI=1S/C17H20FN/c1-3-6-14-7-4-5-8-17(14)19-12-15-11-13(2)9-10-16(15)18/h4-5,7-11,19H,3,6,12H2,1-2H3. The quantitative estimate of drug-likeness (QED) is 0.818. The first-order valence-electron chi connectivity index (χ1n) is 6.77. The number of hydrogen-bond acceptors (Lipinski definition) is 1. The van der Waals surface area contributed by atoms with Crippen LogP contribution in [0.5, 0.6) is 0 Å². The minimum absolute atomic E-state index is 0.147. The van der Waals surface area contributed by atoms with Crippen LogP contribution in [0.4, 0.5) is 10.1 Å². The number of anilines is 1. The Morgan fingerprint density at radius 2 is 1.84 bits per heavy atom. The van der Waals surface area contributed by atoms with Gasteiger partial charge in [0.15, 0.2) is 0 Å². The second-order valence-electron chi connectivity index (χ2n) is 4.86. The van der Waals surface area contributed by atoms with Crippen molar-refractivity contribution in [3.05, 3.63) is 65.0 Å². The summed E-state index contributed by atoms with van der Waals surface area (Å²) >= 11 is 0. The number of halogens is 1. The zero-order valence-electron chi connectivity index (χ0n) is 11.5. The van der Waals surface area contributed by atoms with Crippen LogP contribution >= 0.6 is 0 Å². The van der Waals surface area contributed by atoms with Crippen molar-refractivity contribution in [2.45, 2.75) is 33.2 Å². The Kier molecular flexibility index (Phi) is 4.56. The van der Waals surface area contributed by atoms with Crippen LogP contribution in [0, 0.1) is 12.7 Å². The van der Waals surface area contributed by atoms with Gasteiger partial charge in [-0.1, -0.05) is 49.2 Å². The molecule has 2 aromatic rings. The van der Waals surface area contributed by atoms with Crippen molar-refractivity contribution in [1.82, 2.24) is 0 Å². The van der Waals surface area contributed by atoms with Crippen LogP contribution in [0.2, 0.25) is 0 Å². The van der Waals surface area contributed by atoms with Crippen LogP contribution in [0.1, 0.15) is 30.0 Å². The first-order chi connectivity index (χ1) is 9.20. The van der Waals surface area contributed by atoms with E-state index >= 15 is 0 Å². The molecule has 0 fully saturated rings. The average Bonchev–Trinajstić information content (AvgIpc) is 2.42. The van der Waals surface area contributed by atoms with Gasteiger partial charge in [0.2, 0.25) is 0 Å². The molecule has 0 unspecified atom stereocenters. The normalized spacial score (nSPS) is 10.5. The molecule has 0 aliphatic rings. The Labute approximate surface area is 114 Å². The third-order valence-corrected chi connectivity index (χ3v) is 3.21. The summed E-state index contributed by atoms with van der Waals surface area (Å²) in [5.74, 6) is -0.147. The highest BCUT2D eigenvalue weighted by Gasteiger charge is 2.04. The highest BCUT2D eigenvalue weighted by molar-refractivity contribution is 5.51. The molecule has 0 saturated carbocycles. The largest absolute Gasteiger partial charge is 0.381 e. The molecule has 2 heteroatoms. The van der Waals surface area contributed by atoms with Crippen LogP contribution in [0.15, 0.2) is 42.5 Å². The zero-order chi connectivity index (χ0) is 13.7. The maximum atomic E-state index is 13.7. The first-order valence-corrected chi connectivity index (χ1v) is 6.77. The van der Waals surface area contributed by atoms with E-state index in [9.17, 15) is 4.39 Å². The van der Waals surface area contributed by atoms with E-state index in [0.29, 0.717) is 12.1 Å². The van der Waals surface area contributed by atoms with Gasteiger partial charge in [-0.15, -0.1) is 0 Å². The second kappa shape index (κ2) is 6.37. The zero-order valence-corrected chi connectivity index (χ0v) is 11.5. The van der Waals surface area contributed by atoms with Gasteiger partial charge in [-0.25, -0.2) is 4.39 Å². The summed E-state index contributed by atoms with van der Waals surface area (Å²) in [5.41, 5.74) is 4.19. The van der Waals surface area contributed by atoms with Crippen LogP contribution in [0.3, 0.4) is 0 Å². The van der Waals surface area contributed by atoms with Crippen LogP contribution in [-0.2, 0) is 13.0 Å². The molecule has 1 nitrogen and oxygen atoms in total. The van der Waals surface area contributed by atoms with Crippen molar-refractivity contribution >= 4 is 5.69 Å². The molecule has 2 rings (SSSR count). The Morgan fingerprint density at radius 1 is 1.05 bits per heavy atom. The van der Waals surface area contributed by atoms with E-state index in [-0.39, 0.29) is 5.82 Å². The number of para-hydroxylation sites is 1. The summed E-state index contributed by atoms with van der Waals surface area (Å²) < 4.78 is 13.7. The van der Waals surface area contributed by atoms with E-state index in [1.54, 1.807) is 6.07 Å². The lowest BCUT2D eigenvalue weighted by Gasteiger charge is -2.12. The number of aryl methyl sites for hydroxylation is 2. The maximum absolute atomic E-state index is 13.7. The number of nitrogens with one attached hydrogen (secondary N) is 1. The lowest BCUT2D eigenvalue weighted by atomic mass is 10.1. The van der Waals surface area contributed by atoms with Crippen molar-refractivity contribution in [1.29, 1.82) is 0 Å². The monoisotopic (exact) mass is 257 g/mol. The summed E-state index contributed by atoms with van der Waals surface area (Å²) in [6.45, 7) is 4.67. The van der Waals surface area contributed by atoms with Crippen LogP contribution in [0.25, 0.3) is 0 Å². The summed E-state index contributed by atoms with van der Waals surface area (Å²) in [4.78, 5) is 0. The van der Waals surface area contributed by atoms with Crippen LogP contribution < -0.4 is 5.32 Å². The molecule has 0 aliphatic heterocycles. The van der Waals surface area contributed by atoms with Gasteiger partial charge in [0.05, 0.1) is 0 Å². The summed E-state index contributed by atoms with van der Waals surface area (Å²) in [6, 6.07) is 13.5. The SMILES string of the molecule is CCCc1ccccc1NCc1cc(C)ccc1F. The fourth-order valence-corrected chi connectivity index (χ4v) is 2.21. The molecule has 0 spiro atoms. The Morgan fingerprint density at radius 3 is 2.63 bits per heavy atom. The molecule has 0 aliphatic carbocycles. The van der Waals surface area contributed by atoms with Crippen molar-refractivity contribution < 1.29 is 4.39 Å². The van der Waals surface area contributed by atoms with E-state index in [4.69, 9.17) is 0 Å². The highest BCUT2D eigenvalue weighted by atomic mass is 19.1. The Balaban J connectivity index is 2.12. The smallest absolute Gasteiger partial charge is 0.128 e. The Hall–Kier alpha value is -1.83. The van der Waals surface area contributed by atoms with E-state index in [1.807, 2.05) is 25.1 Å². The number of hydrogen-bond donors (Lipinski definition) is 1. The third kappa shape index (κ3) is 3.57. The van der Waals surface area contributed by atoms with E-state index < -0.39 is 0 Å². The minimum Gasteiger partial charge on any atom is -0.381 e. The van der Waals surface area contributed by atoms with Gasteiger partial charge >= 0.3 is 0 Å². The molecule has 0 heterocycles.